The zero-order chi connectivity index (χ0) is 18.3. The van der Waals surface area contributed by atoms with Gasteiger partial charge in [0, 0.05) is 19.0 Å². The lowest BCUT2D eigenvalue weighted by molar-refractivity contribution is -0.160. The quantitative estimate of drug-likeness (QED) is 0.848. The highest BCUT2D eigenvalue weighted by molar-refractivity contribution is 5.87. The highest BCUT2D eigenvalue weighted by Gasteiger charge is 2.58. The lowest BCUT2D eigenvalue weighted by atomic mass is 9.72. The van der Waals surface area contributed by atoms with Crippen LogP contribution in [0.5, 0.6) is 0 Å². The van der Waals surface area contributed by atoms with Gasteiger partial charge in [-0.25, -0.2) is 4.39 Å². The van der Waals surface area contributed by atoms with Crippen LogP contribution >= 0.6 is 0 Å². The van der Waals surface area contributed by atoms with Gasteiger partial charge in [-0.05, 0) is 61.9 Å². The number of hydrogen-bond donors (Lipinski definition) is 2. The number of nitrogens with one attached hydrogen (secondary N) is 1. The molecule has 2 aliphatic carbocycles. The average molecular weight is 360 g/mol. The standard InChI is InChI=1S/C21H29FN2O2/c1-23-11-17-18-12-24(13-19(17)18)20(25)21(26,14-5-3-2-4-6-14)15-7-9-16(22)10-8-15/h7-10,14,17-19,23,26H,2-6,11-13H2,1H3. The zero-order valence-electron chi connectivity index (χ0n) is 15.5. The molecule has 0 bridgehead atoms. The number of nitrogens with zero attached hydrogens (tertiary/aromatic N) is 1. The fraction of sp³-hybridized carbons (Fsp3) is 0.667. The van der Waals surface area contributed by atoms with E-state index in [1.54, 1.807) is 12.1 Å². The minimum absolute atomic E-state index is 0.0840. The van der Waals surface area contributed by atoms with Crippen molar-refractivity contribution in [3.63, 3.8) is 0 Å². The Kier molecular flexibility index (Phi) is 4.78. The third-order valence-electron chi connectivity index (χ3n) is 6.90. The zero-order valence-corrected chi connectivity index (χ0v) is 15.5. The summed E-state index contributed by atoms with van der Waals surface area (Å²) in [5.41, 5.74) is -0.980. The molecule has 1 saturated heterocycles. The Morgan fingerprint density at radius 3 is 2.38 bits per heavy atom. The molecule has 3 atom stereocenters. The number of carbonyl (C=O) groups excluding carboxylic acids is 1. The maximum absolute atomic E-state index is 13.4. The predicted octanol–water partition coefficient (Wildman–Crippen LogP) is 2.52. The maximum atomic E-state index is 13.4. The summed E-state index contributed by atoms with van der Waals surface area (Å²) in [5, 5.41) is 14.9. The average Bonchev–Trinajstić information content (AvgIpc) is 3.11. The molecule has 26 heavy (non-hydrogen) atoms. The van der Waals surface area contributed by atoms with Crippen LogP contribution in [-0.2, 0) is 10.4 Å². The fourth-order valence-electron chi connectivity index (χ4n) is 5.35. The number of aliphatic hydroxyl groups is 1. The van der Waals surface area contributed by atoms with E-state index in [1.807, 2.05) is 11.9 Å². The van der Waals surface area contributed by atoms with Crippen LogP contribution in [0.3, 0.4) is 0 Å². The molecule has 4 rings (SSSR count). The van der Waals surface area contributed by atoms with Crippen molar-refractivity contribution in [1.82, 2.24) is 10.2 Å². The molecule has 5 heteroatoms. The Bertz CT molecular complexity index is 646. The number of fused-ring (bicyclic) bond motifs is 1. The van der Waals surface area contributed by atoms with Gasteiger partial charge in [0.2, 0.25) is 0 Å². The lowest BCUT2D eigenvalue weighted by Crippen LogP contribution is -2.52. The Hall–Kier alpha value is -1.46. The molecule has 0 radical (unpaired) electrons. The molecule has 1 heterocycles. The van der Waals surface area contributed by atoms with Crippen LogP contribution in [0.2, 0.25) is 0 Å². The van der Waals surface area contributed by atoms with Gasteiger partial charge < -0.3 is 15.3 Å². The van der Waals surface area contributed by atoms with E-state index in [4.69, 9.17) is 0 Å². The Balaban J connectivity index is 1.57. The molecule has 1 amide bonds. The largest absolute Gasteiger partial charge is 0.375 e. The molecule has 3 unspecified atom stereocenters. The van der Waals surface area contributed by atoms with E-state index in [1.165, 1.54) is 12.1 Å². The second-order valence-corrected chi connectivity index (χ2v) is 8.37. The van der Waals surface area contributed by atoms with Crippen LogP contribution in [0.15, 0.2) is 24.3 Å². The third-order valence-corrected chi connectivity index (χ3v) is 6.90. The Morgan fingerprint density at radius 2 is 1.81 bits per heavy atom. The molecule has 2 N–H and O–H groups in total. The number of piperidine rings is 1. The van der Waals surface area contributed by atoms with Crippen molar-refractivity contribution < 1.29 is 14.3 Å². The van der Waals surface area contributed by atoms with Crippen LogP contribution in [0, 0.1) is 29.5 Å². The van der Waals surface area contributed by atoms with E-state index in [9.17, 15) is 14.3 Å². The first-order chi connectivity index (χ1) is 12.6. The van der Waals surface area contributed by atoms with Gasteiger partial charge in [-0.2, -0.15) is 0 Å². The molecule has 1 aromatic carbocycles. The van der Waals surface area contributed by atoms with Crippen molar-refractivity contribution in [3.05, 3.63) is 35.6 Å². The molecular formula is C21H29FN2O2. The van der Waals surface area contributed by atoms with Crippen LogP contribution < -0.4 is 5.32 Å². The molecule has 3 fully saturated rings. The van der Waals surface area contributed by atoms with E-state index in [2.05, 4.69) is 5.32 Å². The van der Waals surface area contributed by atoms with Crippen molar-refractivity contribution in [1.29, 1.82) is 0 Å². The Labute approximate surface area is 154 Å². The number of hydrogen-bond acceptors (Lipinski definition) is 3. The number of rotatable bonds is 5. The van der Waals surface area contributed by atoms with Crippen LogP contribution in [-0.4, -0.2) is 42.6 Å². The number of likely N-dealkylation sites (tertiary alicyclic amines) is 1. The highest BCUT2D eigenvalue weighted by Crippen LogP contribution is 2.52. The van der Waals surface area contributed by atoms with Crippen molar-refractivity contribution in [2.24, 2.45) is 23.7 Å². The summed E-state index contributed by atoms with van der Waals surface area (Å²) in [6, 6.07) is 5.87. The van der Waals surface area contributed by atoms with E-state index in [0.29, 0.717) is 23.3 Å². The summed E-state index contributed by atoms with van der Waals surface area (Å²) in [7, 11) is 1.97. The topological polar surface area (TPSA) is 52.6 Å². The van der Waals surface area contributed by atoms with Crippen LogP contribution in [0.25, 0.3) is 0 Å². The van der Waals surface area contributed by atoms with E-state index in [-0.39, 0.29) is 17.6 Å². The minimum atomic E-state index is -1.52. The van der Waals surface area contributed by atoms with Crippen molar-refractivity contribution in [3.8, 4) is 0 Å². The summed E-state index contributed by atoms with van der Waals surface area (Å²) in [6.45, 7) is 2.49. The normalized spacial score (nSPS) is 30.7. The van der Waals surface area contributed by atoms with Crippen molar-refractivity contribution in [2.75, 3.05) is 26.7 Å². The monoisotopic (exact) mass is 360 g/mol. The van der Waals surface area contributed by atoms with Gasteiger partial charge in [-0.15, -0.1) is 0 Å². The lowest BCUT2D eigenvalue weighted by Gasteiger charge is -2.40. The molecule has 1 aromatic rings. The maximum Gasteiger partial charge on any atom is 0.259 e. The van der Waals surface area contributed by atoms with Gasteiger partial charge in [0.15, 0.2) is 5.60 Å². The molecule has 4 nitrogen and oxygen atoms in total. The summed E-state index contributed by atoms with van der Waals surface area (Å²) in [6.07, 6.45) is 4.93. The molecular weight excluding hydrogens is 331 g/mol. The molecule has 142 valence electrons. The molecule has 3 aliphatic rings. The molecule has 0 aromatic heterocycles. The predicted molar refractivity (Wildman–Crippen MR) is 97.8 cm³/mol. The van der Waals surface area contributed by atoms with Gasteiger partial charge in [-0.1, -0.05) is 31.4 Å². The third kappa shape index (κ3) is 2.95. The van der Waals surface area contributed by atoms with E-state index in [0.717, 1.165) is 51.7 Å². The Morgan fingerprint density at radius 1 is 1.19 bits per heavy atom. The van der Waals surface area contributed by atoms with Gasteiger partial charge >= 0.3 is 0 Å². The highest BCUT2D eigenvalue weighted by atomic mass is 19.1. The van der Waals surface area contributed by atoms with Gasteiger partial charge in [0.05, 0.1) is 0 Å². The van der Waals surface area contributed by atoms with Gasteiger partial charge in [-0.3, -0.25) is 4.79 Å². The summed E-state index contributed by atoms with van der Waals surface area (Å²) in [4.78, 5) is 15.3. The van der Waals surface area contributed by atoms with Crippen LogP contribution in [0.1, 0.15) is 37.7 Å². The van der Waals surface area contributed by atoms with Crippen molar-refractivity contribution >= 4 is 5.91 Å². The summed E-state index contributed by atoms with van der Waals surface area (Å²) in [5.74, 6) is 1.19. The SMILES string of the molecule is CNCC1C2CN(C(=O)C(O)(c3ccc(F)cc3)C3CCCCC3)CC12. The van der Waals surface area contributed by atoms with E-state index < -0.39 is 5.60 Å². The summed E-state index contributed by atoms with van der Waals surface area (Å²) < 4.78 is 13.4. The van der Waals surface area contributed by atoms with Gasteiger partial charge in [0.1, 0.15) is 5.82 Å². The van der Waals surface area contributed by atoms with Gasteiger partial charge in [0.25, 0.3) is 5.91 Å². The number of halogens is 1. The number of benzene rings is 1. The second-order valence-electron chi connectivity index (χ2n) is 8.37. The number of amides is 1. The summed E-state index contributed by atoms with van der Waals surface area (Å²) >= 11 is 0. The molecule has 2 saturated carbocycles. The van der Waals surface area contributed by atoms with Crippen molar-refractivity contribution in [2.45, 2.75) is 37.7 Å². The smallest absolute Gasteiger partial charge is 0.259 e. The first-order valence-electron chi connectivity index (χ1n) is 9.98. The molecule has 1 aliphatic heterocycles. The van der Waals surface area contributed by atoms with Crippen LogP contribution in [0.4, 0.5) is 4.39 Å². The minimum Gasteiger partial charge on any atom is -0.375 e. The number of carbonyl (C=O) groups is 1. The first kappa shape index (κ1) is 17.9. The van der Waals surface area contributed by atoms with E-state index >= 15 is 0 Å². The first-order valence-corrected chi connectivity index (χ1v) is 9.98. The molecule has 0 spiro atoms. The second kappa shape index (κ2) is 6.93. The fourth-order valence-corrected chi connectivity index (χ4v) is 5.35.